The molecule has 0 spiro atoms. The molecule has 2 aromatic carbocycles. The molecule has 7 heteroatoms. The van der Waals surface area contributed by atoms with E-state index in [9.17, 15) is 9.59 Å². The van der Waals surface area contributed by atoms with Crippen molar-refractivity contribution in [3.63, 3.8) is 0 Å². The van der Waals surface area contributed by atoms with Crippen LogP contribution in [0, 0.1) is 0 Å². The van der Waals surface area contributed by atoms with Gasteiger partial charge < -0.3 is 15.0 Å². The Morgan fingerprint density at radius 1 is 1.00 bits per heavy atom. The number of amides is 2. The van der Waals surface area contributed by atoms with Crippen molar-refractivity contribution in [3.8, 4) is 5.75 Å². The van der Waals surface area contributed by atoms with Crippen LogP contribution in [0.1, 0.15) is 44.6 Å². The molecule has 5 nitrogen and oxygen atoms in total. The van der Waals surface area contributed by atoms with Gasteiger partial charge in [-0.05, 0) is 61.7 Å². The molecule has 3 rings (SSSR count). The van der Waals surface area contributed by atoms with Gasteiger partial charge in [-0.1, -0.05) is 63.3 Å². The molecule has 0 heterocycles. The normalized spacial score (nSPS) is 15.2. The summed E-state index contributed by atoms with van der Waals surface area (Å²) in [7, 11) is 0. The zero-order chi connectivity index (χ0) is 22.2. The van der Waals surface area contributed by atoms with Crippen molar-refractivity contribution < 1.29 is 14.3 Å². The lowest BCUT2D eigenvalue weighted by atomic mass is 9.95. The largest absolute Gasteiger partial charge is 0.484 e. The molecule has 1 atom stereocenters. The van der Waals surface area contributed by atoms with Crippen LogP contribution in [0.15, 0.2) is 57.5 Å². The fourth-order valence-corrected chi connectivity index (χ4v) is 4.23. The highest BCUT2D eigenvalue weighted by Gasteiger charge is 2.28. The van der Waals surface area contributed by atoms with Gasteiger partial charge in [0.1, 0.15) is 11.8 Å². The van der Waals surface area contributed by atoms with E-state index in [0.29, 0.717) is 12.3 Å². The van der Waals surface area contributed by atoms with E-state index in [0.717, 1.165) is 40.2 Å². The minimum atomic E-state index is -0.591. The number of carbonyl (C=O) groups excluding carboxylic acids is 2. The first-order valence-corrected chi connectivity index (χ1v) is 12.2. The number of nitrogens with zero attached hydrogens (tertiary/aromatic N) is 1. The van der Waals surface area contributed by atoms with Crippen LogP contribution in [-0.4, -0.2) is 35.4 Å². The van der Waals surface area contributed by atoms with Crippen LogP contribution in [0.5, 0.6) is 5.75 Å². The third-order valence-corrected chi connectivity index (χ3v) is 6.62. The van der Waals surface area contributed by atoms with Gasteiger partial charge in [-0.3, -0.25) is 9.59 Å². The molecule has 31 heavy (non-hydrogen) atoms. The fraction of sp³-hybridized carbons (Fsp3) is 0.417. The van der Waals surface area contributed by atoms with Gasteiger partial charge in [-0.2, -0.15) is 0 Å². The molecule has 0 radical (unpaired) electrons. The Morgan fingerprint density at radius 3 is 2.19 bits per heavy atom. The van der Waals surface area contributed by atoms with Crippen LogP contribution in [-0.2, 0) is 16.1 Å². The van der Waals surface area contributed by atoms with Gasteiger partial charge in [0.25, 0.3) is 5.91 Å². The molecule has 0 aliphatic heterocycles. The molecule has 0 saturated heterocycles. The molecular formula is C24H28Br2N2O3. The van der Waals surface area contributed by atoms with E-state index in [1.807, 2.05) is 36.4 Å². The highest BCUT2D eigenvalue weighted by Crippen LogP contribution is 2.20. The second-order valence-electron chi connectivity index (χ2n) is 7.91. The van der Waals surface area contributed by atoms with Gasteiger partial charge in [-0.25, -0.2) is 0 Å². The van der Waals surface area contributed by atoms with Crippen LogP contribution < -0.4 is 10.1 Å². The standard InChI is InChI=1S/C24H28Br2N2O3/c1-17(24(30)27-21-5-3-2-4-6-21)28(15-18-7-9-19(25)10-8-18)23(29)16-31-22-13-11-20(26)12-14-22/h7-14,17,21H,2-6,15-16H2,1H3,(H,27,30). The quantitative estimate of drug-likeness (QED) is 0.474. The Hall–Kier alpha value is -1.86. The van der Waals surface area contributed by atoms with Crippen molar-refractivity contribution in [2.75, 3.05) is 6.61 Å². The first-order chi connectivity index (χ1) is 14.9. The maximum atomic E-state index is 13.1. The van der Waals surface area contributed by atoms with Crippen LogP contribution in [0.2, 0.25) is 0 Å². The molecule has 1 saturated carbocycles. The molecule has 0 bridgehead atoms. The van der Waals surface area contributed by atoms with Crippen molar-refractivity contribution >= 4 is 43.7 Å². The number of benzene rings is 2. The van der Waals surface area contributed by atoms with Crippen LogP contribution >= 0.6 is 31.9 Å². The number of nitrogens with one attached hydrogen (secondary N) is 1. The smallest absolute Gasteiger partial charge is 0.261 e. The molecule has 1 fully saturated rings. The van der Waals surface area contributed by atoms with E-state index in [2.05, 4.69) is 37.2 Å². The molecule has 2 amide bonds. The molecule has 2 aromatic rings. The van der Waals surface area contributed by atoms with Crippen molar-refractivity contribution in [1.82, 2.24) is 10.2 Å². The summed E-state index contributed by atoms with van der Waals surface area (Å²) >= 11 is 6.82. The van der Waals surface area contributed by atoms with Crippen LogP contribution in [0.25, 0.3) is 0 Å². The maximum Gasteiger partial charge on any atom is 0.261 e. The third-order valence-electron chi connectivity index (χ3n) is 5.56. The van der Waals surface area contributed by atoms with Gasteiger partial charge >= 0.3 is 0 Å². The van der Waals surface area contributed by atoms with Gasteiger partial charge in [0, 0.05) is 21.5 Å². The zero-order valence-corrected chi connectivity index (χ0v) is 20.8. The summed E-state index contributed by atoms with van der Waals surface area (Å²) in [4.78, 5) is 27.6. The second-order valence-corrected chi connectivity index (χ2v) is 9.74. The number of hydrogen-bond acceptors (Lipinski definition) is 3. The summed E-state index contributed by atoms with van der Waals surface area (Å²) in [6.45, 7) is 2.00. The van der Waals surface area contributed by atoms with Gasteiger partial charge in [-0.15, -0.1) is 0 Å². The number of halogens is 2. The average Bonchev–Trinajstić information content (AvgIpc) is 2.78. The van der Waals surface area contributed by atoms with E-state index >= 15 is 0 Å². The van der Waals surface area contributed by atoms with Crippen molar-refractivity contribution in [2.24, 2.45) is 0 Å². The first-order valence-electron chi connectivity index (χ1n) is 10.6. The highest BCUT2D eigenvalue weighted by molar-refractivity contribution is 9.10. The lowest BCUT2D eigenvalue weighted by Crippen LogP contribution is -2.51. The monoisotopic (exact) mass is 550 g/mol. The predicted molar refractivity (Wildman–Crippen MR) is 129 cm³/mol. The fourth-order valence-electron chi connectivity index (χ4n) is 3.70. The Labute approximate surface area is 200 Å². The van der Waals surface area contributed by atoms with Crippen molar-refractivity contribution in [2.45, 2.75) is 57.7 Å². The minimum Gasteiger partial charge on any atom is -0.484 e. The predicted octanol–water partition coefficient (Wildman–Crippen LogP) is 5.46. The SMILES string of the molecule is CC(C(=O)NC1CCCCC1)N(Cc1ccc(Br)cc1)C(=O)COc1ccc(Br)cc1. The molecular weight excluding hydrogens is 524 g/mol. The molecule has 1 aliphatic carbocycles. The lowest BCUT2D eigenvalue weighted by Gasteiger charge is -2.31. The summed E-state index contributed by atoms with van der Waals surface area (Å²) in [5, 5.41) is 3.14. The molecule has 1 N–H and O–H groups in total. The van der Waals surface area contributed by atoms with E-state index < -0.39 is 6.04 Å². The molecule has 0 aromatic heterocycles. The Kier molecular flexibility index (Phi) is 8.96. The Morgan fingerprint density at radius 2 is 1.58 bits per heavy atom. The van der Waals surface area contributed by atoms with Gasteiger partial charge in [0.2, 0.25) is 5.91 Å². The Balaban J connectivity index is 1.69. The average molecular weight is 552 g/mol. The summed E-state index contributed by atoms with van der Waals surface area (Å²) < 4.78 is 7.60. The second kappa shape index (κ2) is 11.7. The van der Waals surface area contributed by atoms with Gasteiger partial charge in [0.05, 0.1) is 0 Å². The van der Waals surface area contributed by atoms with Crippen molar-refractivity contribution in [1.29, 1.82) is 0 Å². The molecule has 166 valence electrons. The summed E-state index contributed by atoms with van der Waals surface area (Å²) in [5.41, 5.74) is 0.956. The Bertz CT molecular complexity index is 865. The summed E-state index contributed by atoms with van der Waals surface area (Å²) in [6.07, 6.45) is 5.52. The third kappa shape index (κ3) is 7.35. The molecule has 1 aliphatic rings. The maximum absolute atomic E-state index is 13.1. The lowest BCUT2D eigenvalue weighted by molar-refractivity contribution is -0.142. The van der Waals surface area contributed by atoms with Crippen molar-refractivity contribution in [3.05, 3.63) is 63.0 Å². The van der Waals surface area contributed by atoms with E-state index in [-0.39, 0.29) is 24.5 Å². The van der Waals surface area contributed by atoms with E-state index in [1.165, 1.54) is 6.42 Å². The summed E-state index contributed by atoms with van der Waals surface area (Å²) in [6, 6.07) is 14.7. The topological polar surface area (TPSA) is 58.6 Å². The minimum absolute atomic E-state index is 0.110. The highest BCUT2D eigenvalue weighted by atomic mass is 79.9. The van der Waals surface area contributed by atoms with E-state index in [1.54, 1.807) is 24.0 Å². The molecule has 1 unspecified atom stereocenters. The first kappa shape index (κ1) is 23.8. The van der Waals surface area contributed by atoms with E-state index in [4.69, 9.17) is 4.74 Å². The number of hydrogen-bond donors (Lipinski definition) is 1. The van der Waals surface area contributed by atoms with Gasteiger partial charge in [0.15, 0.2) is 6.61 Å². The number of ether oxygens (including phenoxy) is 1. The zero-order valence-electron chi connectivity index (χ0n) is 17.7. The van der Waals surface area contributed by atoms with Crippen LogP contribution in [0.3, 0.4) is 0 Å². The summed E-state index contributed by atoms with van der Waals surface area (Å²) in [5.74, 6) is 0.276. The number of carbonyl (C=O) groups is 2. The number of rotatable bonds is 8. The van der Waals surface area contributed by atoms with Crippen LogP contribution in [0.4, 0.5) is 0 Å².